The summed E-state index contributed by atoms with van der Waals surface area (Å²) in [7, 11) is 0. The zero-order valence-corrected chi connectivity index (χ0v) is 11.7. The minimum absolute atomic E-state index is 0.125. The molecule has 0 heterocycles. The summed E-state index contributed by atoms with van der Waals surface area (Å²) in [6.45, 7) is 4.66. The average molecular weight is 270 g/mol. The Labute approximate surface area is 118 Å². The van der Waals surface area contributed by atoms with Gasteiger partial charge in [0.15, 0.2) is 0 Å². The van der Waals surface area contributed by atoms with Crippen molar-refractivity contribution in [3.63, 3.8) is 0 Å². The number of anilines is 1. The molecule has 104 valence electrons. The van der Waals surface area contributed by atoms with Crippen molar-refractivity contribution in [2.45, 2.75) is 20.3 Å². The highest BCUT2D eigenvalue weighted by Gasteiger charge is 2.12. The molecule has 0 spiro atoms. The maximum absolute atomic E-state index is 11.0. The van der Waals surface area contributed by atoms with Crippen LogP contribution in [-0.2, 0) is 6.42 Å². The zero-order chi connectivity index (χ0) is 14.5. The second-order valence-electron chi connectivity index (χ2n) is 4.94. The Balaban J connectivity index is 2.04. The summed E-state index contributed by atoms with van der Waals surface area (Å²) in [5, 5.41) is 14.1. The van der Waals surface area contributed by atoms with Crippen molar-refractivity contribution in [1.82, 2.24) is 0 Å². The summed E-state index contributed by atoms with van der Waals surface area (Å²) in [5.74, 6) is 0. The van der Waals surface area contributed by atoms with E-state index in [-0.39, 0.29) is 10.6 Å². The number of hydrogen-bond acceptors (Lipinski definition) is 3. The Bertz CT molecular complexity index is 624. The highest BCUT2D eigenvalue weighted by atomic mass is 16.6. The molecule has 0 amide bonds. The molecule has 0 saturated carbocycles. The predicted octanol–water partition coefficient (Wildman–Crippen LogP) is 3.87. The minimum Gasteiger partial charge on any atom is -0.379 e. The number of benzene rings is 2. The number of hydrogen-bond donors (Lipinski definition) is 1. The molecule has 0 aromatic heterocycles. The van der Waals surface area contributed by atoms with Gasteiger partial charge in [-0.25, -0.2) is 0 Å². The summed E-state index contributed by atoms with van der Waals surface area (Å²) in [6.07, 6.45) is 0.840. The molecule has 0 aliphatic carbocycles. The molecule has 0 saturated heterocycles. The van der Waals surface area contributed by atoms with Crippen molar-refractivity contribution in [2.75, 3.05) is 11.9 Å². The third-order valence-electron chi connectivity index (χ3n) is 3.16. The predicted molar refractivity (Wildman–Crippen MR) is 81.2 cm³/mol. The Morgan fingerprint density at radius 2 is 1.85 bits per heavy atom. The standard InChI is InChI=1S/C16H18N2O2/c1-12-4-3-5-14(10-12)8-9-17-15-11-13(2)6-7-16(15)18(19)20/h3-7,10-11,17H,8-9H2,1-2H3. The number of rotatable bonds is 5. The Morgan fingerprint density at radius 3 is 2.55 bits per heavy atom. The van der Waals surface area contributed by atoms with Crippen molar-refractivity contribution in [3.05, 3.63) is 69.3 Å². The van der Waals surface area contributed by atoms with Gasteiger partial charge >= 0.3 is 0 Å². The zero-order valence-electron chi connectivity index (χ0n) is 11.7. The van der Waals surface area contributed by atoms with E-state index in [1.54, 1.807) is 12.1 Å². The van der Waals surface area contributed by atoms with Crippen molar-refractivity contribution in [2.24, 2.45) is 0 Å². The molecule has 0 bridgehead atoms. The van der Waals surface area contributed by atoms with Crippen LogP contribution in [0.5, 0.6) is 0 Å². The monoisotopic (exact) mass is 270 g/mol. The van der Waals surface area contributed by atoms with Gasteiger partial charge in [0.25, 0.3) is 5.69 Å². The first kappa shape index (κ1) is 14.1. The number of nitro groups is 1. The van der Waals surface area contributed by atoms with Crippen LogP contribution in [0.15, 0.2) is 42.5 Å². The lowest BCUT2D eigenvalue weighted by Gasteiger charge is -2.08. The van der Waals surface area contributed by atoms with Crippen LogP contribution >= 0.6 is 0 Å². The number of nitro benzene ring substituents is 1. The van der Waals surface area contributed by atoms with E-state index in [0.29, 0.717) is 12.2 Å². The van der Waals surface area contributed by atoms with Gasteiger partial charge in [0.1, 0.15) is 5.69 Å². The maximum atomic E-state index is 11.0. The van der Waals surface area contributed by atoms with Gasteiger partial charge in [0, 0.05) is 12.6 Å². The van der Waals surface area contributed by atoms with E-state index in [9.17, 15) is 10.1 Å². The lowest BCUT2D eigenvalue weighted by Crippen LogP contribution is -2.07. The normalized spacial score (nSPS) is 10.3. The average Bonchev–Trinajstić information content (AvgIpc) is 2.38. The van der Waals surface area contributed by atoms with Gasteiger partial charge in [0.2, 0.25) is 0 Å². The van der Waals surface area contributed by atoms with E-state index in [1.807, 2.05) is 19.1 Å². The van der Waals surface area contributed by atoms with E-state index in [4.69, 9.17) is 0 Å². The molecule has 4 heteroatoms. The number of aryl methyl sites for hydroxylation is 2. The van der Waals surface area contributed by atoms with Crippen LogP contribution in [0, 0.1) is 24.0 Å². The Hall–Kier alpha value is -2.36. The van der Waals surface area contributed by atoms with Crippen molar-refractivity contribution >= 4 is 11.4 Å². The molecule has 2 aromatic carbocycles. The molecule has 20 heavy (non-hydrogen) atoms. The highest BCUT2D eigenvalue weighted by Crippen LogP contribution is 2.25. The fraction of sp³-hybridized carbons (Fsp3) is 0.250. The van der Waals surface area contributed by atoms with Gasteiger partial charge in [-0.1, -0.05) is 35.9 Å². The molecule has 0 unspecified atom stereocenters. The molecular weight excluding hydrogens is 252 g/mol. The van der Waals surface area contributed by atoms with Crippen LogP contribution in [0.4, 0.5) is 11.4 Å². The lowest BCUT2D eigenvalue weighted by atomic mass is 10.1. The largest absolute Gasteiger partial charge is 0.379 e. The third kappa shape index (κ3) is 3.57. The molecule has 0 atom stereocenters. The van der Waals surface area contributed by atoms with Gasteiger partial charge in [-0.2, -0.15) is 0 Å². The smallest absolute Gasteiger partial charge is 0.292 e. The summed E-state index contributed by atoms with van der Waals surface area (Å²) in [6, 6.07) is 13.4. The second-order valence-corrected chi connectivity index (χ2v) is 4.94. The quantitative estimate of drug-likeness (QED) is 0.663. The summed E-state index contributed by atoms with van der Waals surface area (Å²) >= 11 is 0. The topological polar surface area (TPSA) is 55.2 Å². The van der Waals surface area contributed by atoms with E-state index in [2.05, 4.69) is 30.4 Å². The van der Waals surface area contributed by atoms with E-state index >= 15 is 0 Å². The first-order chi connectivity index (χ1) is 9.56. The van der Waals surface area contributed by atoms with Gasteiger partial charge < -0.3 is 5.32 Å². The van der Waals surface area contributed by atoms with E-state index in [0.717, 1.165) is 12.0 Å². The first-order valence-electron chi connectivity index (χ1n) is 6.61. The first-order valence-corrected chi connectivity index (χ1v) is 6.61. The summed E-state index contributed by atoms with van der Waals surface area (Å²) in [4.78, 5) is 10.6. The van der Waals surface area contributed by atoms with Crippen LogP contribution in [0.2, 0.25) is 0 Å². The molecule has 2 rings (SSSR count). The van der Waals surface area contributed by atoms with Crippen molar-refractivity contribution < 1.29 is 4.92 Å². The fourth-order valence-electron chi connectivity index (χ4n) is 2.16. The van der Waals surface area contributed by atoms with Gasteiger partial charge in [-0.15, -0.1) is 0 Å². The van der Waals surface area contributed by atoms with Crippen molar-refractivity contribution in [1.29, 1.82) is 0 Å². The number of nitrogens with one attached hydrogen (secondary N) is 1. The van der Waals surface area contributed by atoms with Crippen LogP contribution in [0.25, 0.3) is 0 Å². The summed E-state index contributed by atoms with van der Waals surface area (Å²) in [5.41, 5.74) is 4.17. The lowest BCUT2D eigenvalue weighted by molar-refractivity contribution is -0.384. The Morgan fingerprint density at radius 1 is 1.10 bits per heavy atom. The molecule has 0 radical (unpaired) electrons. The van der Waals surface area contributed by atoms with Crippen LogP contribution in [0.3, 0.4) is 0 Å². The van der Waals surface area contributed by atoms with Crippen LogP contribution in [-0.4, -0.2) is 11.5 Å². The second kappa shape index (κ2) is 6.19. The molecule has 0 aliphatic rings. The van der Waals surface area contributed by atoms with Crippen LogP contribution in [0.1, 0.15) is 16.7 Å². The van der Waals surface area contributed by atoms with E-state index in [1.165, 1.54) is 11.1 Å². The fourth-order valence-corrected chi connectivity index (χ4v) is 2.16. The Kier molecular flexibility index (Phi) is 4.35. The molecule has 0 fully saturated rings. The van der Waals surface area contributed by atoms with Crippen molar-refractivity contribution in [3.8, 4) is 0 Å². The highest BCUT2D eigenvalue weighted by molar-refractivity contribution is 5.62. The van der Waals surface area contributed by atoms with E-state index < -0.39 is 0 Å². The maximum Gasteiger partial charge on any atom is 0.292 e. The van der Waals surface area contributed by atoms with Gasteiger partial charge in [-0.3, -0.25) is 10.1 Å². The molecule has 0 aliphatic heterocycles. The van der Waals surface area contributed by atoms with Gasteiger partial charge in [0.05, 0.1) is 4.92 Å². The van der Waals surface area contributed by atoms with Gasteiger partial charge in [-0.05, 0) is 37.5 Å². The molecule has 1 N–H and O–H groups in total. The molecule has 2 aromatic rings. The minimum atomic E-state index is -0.353. The number of nitrogens with zero attached hydrogens (tertiary/aromatic N) is 1. The molecular formula is C16H18N2O2. The summed E-state index contributed by atoms with van der Waals surface area (Å²) < 4.78 is 0. The van der Waals surface area contributed by atoms with Crippen LogP contribution < -0.4 is 5.32 Å². The SMILES string of the molecule is Cc1cccc(CCNc2cc(C)ccc2[N+](=O)[O-])c1. The third-order valence-corrected chi connectivity index (χ3v) is 3.16. The molecule has 4 nitrogen and oxygen atoms in total.